The van der Waals surface area contributed by atoms with E-state index in [1.807, 2.05) is 32.0 Å². The SMILES string of the molecule is CC(C)c1nc2ccc(NC(=O)C3CCC3)cc2o1. The Bertz CT molecular complexity index is 612. The zero-order valence-corrected chi connectivity index (χ0v) is 11.3. The van der Waals surface area contributed by atoms with Crippen molar-refractivity contribution in [3.63, 3.8) is 0 Å². The Balaban J connectivity index is 1.82. The number of carbonyl (C=O) groups is 1. The van der Waals surface area contributed by atoms with Gasteiger partial charge in [0.15, 0.2) is 11.5 Å². The quantitative estimate of drug-likeness (QED) is 0.913. The molecule has 1 N–H and O–H groups in total. The number of carbonyl (C=O) groups excluding carboxylic acids is 1. The zero-order valence-electron chi connectivity index (χ0n) is 11.3. The lowest BCUT2D eigenvalue weighted by Gasteiger charge is -2.23. The molecule has 0 aliphatic heterocycles. The number of nitrogens with one attached hydrogen (secondary N) is 1. The van der Waals surface area contributed by atoms with E-state index in [1.165, 1.54) is 0 Å². The molecule has 0 spiro atoms. The monoisotopic (exact) mass is 258 g/mol. The molecule has 1 aromatic heterocycles. The van der Waals surface area contributed by atoms with Gasteiger partial charge in [0.05, 0.1) is 0 Å². The van der Waals surface area contributed by atoms with E-state index in [9.17, 15) is 4.79 Å². The predicted molar refractivity (Wildman–Crippen MR) is 74.1 cm³/mol. The van der Waals surface area contributed by atoms with E-state index in [2.05, 4.69) is 10.3 Å². The van der Waals surface area contributed by atoms with Crippen molar-refractivity contribution in [2.45, 2.75) is 39.0 Å². The number of amides is 1. The van der Waals surface area contributed by atoms with Crippen LogP contribution in [0.15, 0.2) is 22.6 Å². The Kier molecular flexibility index (Phi) is 3.01. The molecule has 1 heterocycles. The van der Waals surface area contributed by atoms with Gasteiger partial charge in [0.25, 0.3) is 0 Å². The minimum atomic E-state index is 0.120. The number of oxazole rings is 1. The summed E-state index contributed by atoms with van der Waals surface area (Å²) in [4.78, 5) is 16.3. The van der Waals surface area contributed by atoms with E-state index >= 15 is 0 Å². The second-order valence-electron chi connectivity index (χ2n) is 5.51. The van der Waals surface area contributed by atoms with Crippen molar-refractivity contribution in [1.82, 2.24) is 4.98 Å². The molecule has 0 saturated heterocycles. The average molecular weight is 258 g/mol. The molecular weight excluding hydrogens is 240 g/mol. The molecule has 1 saturated carbocycles. The number of fused-ring (bicyclic) bond motifs is 1. The largest absolute Gasteiger partial charge is 0.440 e. The summed E-state index contributed by atoms with van der Waals surface area (Å²) in [5, 5.41) is 2.95. The molecule has 1 aliphatic rings. The van der Waals surface area contributed by atoms with Gasteiger partial charge < -0.3 is 9.73 Å². The zero-order chi connectivity index (χ0) is 13.4. The Morgan fingerprint density at radius 2 is 2.21 bits per heavy atom. The molecule has 19 heavy (non-hydrogen) atoms. The summed E-state index contributed by atoms with van der Waals surface area (Å²) in [6.07, 6.45) is 3.18. The lowest BCUT2D eigenvalue weighted by atomic mass is 9.85. The minimum absolute atomic E-state index is 0.120. The Morgan fingerprint density at radius 1 is 1.42 bits per heavy atom. The van der Waals surface area contributed by atoms with Crippen molar-refractivity contribution in [1.29, 1.82) is 0 Å². The number of nitrogens with zero attached hydrogens (tertiary/aromatic N) is 1. The summed E-state index contributed by atoms with van der Waals surface area (Å²) in [6.45, 7) is 4.09. The topological polar surface area (TPSA) is 55.1 Å². The summed E-state index contributed by atoms with van der Waals surface area (Å²) in [5.74, 6) is 1.31. The first-order chi connectivity index (χ1) is 9.13. The molecule has 4 nitrogen and oxygen atoms in total. The molecule has 1 aliphatic carbocycles. The van der Waals surface area contributed by atoms with Crippen molar-refractivity contribution in [3.05, 3.63) is 24.1 Å². The number of hydrogen-bond donors (Lipinski definition) is 1. The molecular formula is C15H18N2O2. The van der Waals surface area contributed by atoms with Crippen LogP contribution in [0.3, 0.4) is 0 Å². The molecule has 2 aromatic rings. The maximum atomic E-state index is 11.9. The fraction of sp³-hybridized carbons (Fsp3) is 0.467. The molecule has 100 valence electrons. The van der Waals surface area contributed by atoms with E-state index in [4.69, 9.17) is 4.42 Å². The van der Waals surface area contributed by atoms with Gasteiger partial charge in [-0.3, -0.25) is 4.79 Å². The van der Waals surface area contributed by atoms with Crippen LogP contribution >= 0.6 is 0 Å². The van der Waals surface area contributed by atoms with Crippen LogP contribution in [0.1, 0.15) is 44.9 Å². The maximum absolute atomic E-state index is 11.9. The molecule has 4 heteroatoms. The summed E-state index contributed by atoms with van der Waals surface area (Å²) in [6, 6.07) is 5.62. The third-order valence-corrected chi connectivity index (χ3v) is 3.64. The van der Waals surface area contributed by atoms with E-state index in [0.29, 0.717) is 0 Å². The highest BCUT2D eigenvalue weighted by Gasteiger charge is 2.25. The standard InChI is InChI=1S/C15H18N2O2/c1-9(2)15-17-12-7-6-11(8-13(12)19-15)16-14(18)10-4-3-5-10/h6-10H,3-5H2,1-2H3,(H,16,18). The number of anilines is 1. The van der Waals surface area contributed by atoms with E-state index in [0.717, 1.165) is 41.9 Å². The maximum Gasteiger partial charge on any atom is 0.227 e. The summed E-state index contributed by atoms with van der Waals surface area (Å²) in [5.41, 5.74) is 2.36. The van der Waals surface area contributed by atoms with Crippen LogP contribution in [-0.2, 0) is 4.79 Å². The molecule has 0 unspecified atom stereocenters. The van der Waals surface area contributed by atoms with Crippen LogP contribution in [0.25, 0.3) is 11.1 Å². The van der Waals surface area contributed by atoms with Crippen molar-refractivity contribution >= 4 is 22.7 Å². The van der Waals surface area contributed by atoms with Crippen LogP contribution in [0.4, 0.5) is 5.69 Å². The molecule has 1 aromatic carbocycles. The first-order valence-electron chi connectivity index (χ1n) is 6.85. The van der Waals surface area contributed by atoms with E-state index in [1.54, 1.807) is 0 Å². The summed E-state index contributed by atoms with van der Waals surface area (Å²) < 4.78 is 5.69. The first kappa shape index (κ1) is 12.2. The predicted octanol–water partition coefficient (Wildman–Crippen LogP) is 3.69. The lowest BCUT2D eigenvalue weighted by Crippen LogP contribution is -2.27. The molecule has 1 amide bonds. The van der Waals surface area contributed by atoms with Gasteiger partial charge in [0.2, 0.25) is 5.91 Å². The van der Waals surface area contributed by atoms with Crippen LogP contribution in [0.5, 0.6) is 0 Å². The third kappa shape index (κ3) is 2.35. The highest BCUT2D eigenvalue weighted by atomic mass is 16.3. The van der Waals surface area contributed by atoms with Gasteiger partial charge in [-0.25, -0.2) is 4.98 Å². The molecule has 0 bridgehead atoms. The van der Waals surface area contributed by atoms with Crippen LogP contribution in [0.2, 0.25) is 0 Å². The molecule has 0 atom stereocenters. The average Bonchev–Trinajstić information content (AvgIpc) is 2.69. The molecule has 1 fully saturated rings. The Morgan fingerprint density at radius 3 is 2.84 bits per heavy atom. The van der Waals surface area contributed by atoms with Gasteiger partial charge in [0.1, 0.15) is 5.52 Å². The second-order valence-corrected chi connectivity index (χ2v) is 5.51. The lowest BCUT2D eigenvalue weighted by molar-refractivity contribution is -0.122. The van der Waals surface area contributed by atoms with Crippen molar-refractivity contribution in [3.8, 4) is 0 Å². The number of rotatable bonds is 3. The first-order valence-corrected chi connectivity index (χ1v) is 6.85. The summed E-state index contributed by atoms with van der Waals surface area (Å²) >= 11 is 0. The molecule has 3 rings (SSSR count). The van der Waals surface area contributed by atoms with Crippen LogP contribution < -0.4 is 5.32 Å². The number of hydrogen-bond acceptors (Lipinski definition) is 3. The van der Waals surface area contributed by atoms with Crippen LogP contribution in [0, 0.1) is 5.92 Å². The van der Waals surface area contributed by atoms with Gasteiger partial charge in [-0.05, 0) is 25.0 Å². The van der Waals surface area contributed by atoms with Gasteiger partial charge in [-0.2, -0.15) is 0 Å². The Hall–Kier alpha value is -1.84. The number of benzene rings is 1. The van der Waals surface area contributed by atoms with Gasteiger partial charge in [0, 0.05) is 23.6 Å². The minimum Gasteiger partial charge on any atom is -0.440 e. The Labute approximate surface area is 112 Å². The third-order valence-electron chi connectivity index (χ3n) is 3.64. The van der Waals surface area contributed by atoms with Crippen molar-refractivity contribution in [2.24, 2.45) is 5.92 Å². The van der Waals surface area contributed by atoms with Gasteiger partial charge in [-0.1, -0.05) is 20.3 Å². The molecule has 0 radical (unpaired) electrons. The van der Waals surface area contributed by atoms with Gasteiger partial charge >= 0.3 is 0 Å². The van der Waals surface area contributed by atoms with E-state index < -0.39 is 0 Å². The van der Waals surface area contributed by atoms with E-state index in [-0.39, 0.29) is 17.7 Å². The fourth-order valence-corrected chi connectivity index (χ4v) is 2.18. The smallest absolute Gasteiger partial charge is 0.227 e. The fourth-order valence-electron chi connectivity index (χ4n) is 2.18. The number of aromatic nitrogens is 1. The van der Waals surface area contributed by atoms with Gasteiger partial charge in [-0.15, -0.1) is 0 Å². The normalized spacial score (nSPS) is 15.7. The van der Waals surface area contributed by atoms with Crippen molar-refractivity contribution < 1.29 is 9.21 Å². The summed E-state index contributed by atoms with van der Waals surface area (Å²) in [7, 11) is 0. The highest BCUT2D eigenvalue weighted by Crippen LogP contribution is 2.28. The van der Waals surface area contributed by atoms with Crippen LogP contribution in [-0.4, -0.2) is 10.9 Å². The second kappa shape index (κ2) is 4.68. The van der Waals surface area contributed by atoms with Crippen molar-refractivity contribution in [2.75, 3.05) is 5.32 Å². The highest BCUT2D eigenvalue weighted by molar-refractivity contribution is 5.94.